The van der Waals surface area contributed by atoms with E-state index in [1.54, 1.807) is 11.6 Å². The molecule has 2 aromatic heterocycles. The molecule has 7 heteroatoms. The summed E-state index contributed by atoms with van der Waals surface area (Å²) in [6, 6.07) is -0.152. The number of hydrogen-bond donors (Lipinski definition) is 2. The van der Waals surface area contributed by atoms with Crippen LogP contribution in [0.2, 0.25) is 0 Å². The van der Waals surface area contributed by atoms with E-state index >= 15 is 0 Å². The number of nitrogens with one attached hydrogen (secondary N) is 1. The first-order valence-electron chi connectivity index (χ1n) is 6.49. The van der Waals surface area contributed by atoms with Crippen LogP contribution in [-0.2, 0) is 6.54 Å². The lowest BCUT2D eigenvalue weighted by Crippen LogP contribution is -2.29. The smallest absolute Gasteiger partial charge is 0.272 e. The van der Waals surface area contributed by atoms with E-state index in [2.05, 4.69) is 15.4 Å². The van der Waals surface area contributed by atoms with E-state index in [4.69, 9.17) is 5.73 Å². The Morgan fingerprint density at radius 2 is 2.25 bits per heavy atom. The zero-order valence-electron chi connectivity index (χ0n) is 12.1. The van der Waals surface area contributed by atoms with Crippen LogP contribution in [-0.4, -0.2) is 20.7 Å². The summed E-state index contributed by atoms with van der Waals surface area (Å²) in [5, 5.41) is 10.0. The Morgan fingerprint density at radius 1 is 1.55 bits per heavy atom. The van der Waals surface area contributed by atoms with E-state index in [1.807, 2.05) is 26.2 Å². The summed E-state index contributed by atoms with van der Waals surface area (Å²) in [4.78, 5) is 16.8. The second-order valence-corrected chi connectivity index (χ2v) is 5.58. The molecule has 2 heterocycles. The zero-order chi connectivity index (χ0) is 14.9. The SMILES string of the molecule is CCn1nc(C)c(N)c1C(=O)NC(C)c1nc(C)cs1. The molecule has 1 unspecified atom stereocenters. The molecular formula is C13H19N5OS. The van der Waals surface area contributed by atoms with Gasteiger partial charge >= 0.3 is 0 Å². The highest BCUT2D eigenvalue weighted by atomic mass is 32.1. The molecule has 0 bridgehead atoms. The van der Waals surface area contributed by atoms with Gasteiger partial charge in [0, 0.05) is 17.6 Å². The van der Waals surface area contributed by atoms with Gasteiger partial charge in [-0.05, 0) is 27.7 Å². The van der Waals surface area contributed by atoms with E-state index in [1.165, 1.54) is 11.3 Å². The fraction of sp³-hybridized carbons (Fsp3) is 0.462. The largest absolute Gasteiger partial charge is 0.395 e. The van der Waals surface area contributed by atoms with E-state index in [-0.39, 0.29) is 11.9 Å². The minimum Gasteiger partial charge on any atom is -0.395 e. The maximum Gasteiger partial charge on any atom is 0.272 e. The summed E-state index contributed by atoms with van der Waals surface area (Å²) in [7, 11) is 0. The molecule has 0 aliphatic rings. The molecule has 1 atom stereocenters. The summed E-state index contributed by atoms with van der Waals surface area (Å²) >= 11 is 1.53. The fourth-order valence-corrected chi connectivity index (χ4v) is 2.77. The Bertz CT molecular complexity index is 631. The van der Waals surface area contributed by atoms with Crippen molar-refractivity contribution in [3.8, 4) is 0 Å². The number of thiazole rings is 1. The normalized spacial score (nSPS) is 12.4. The van der Waals surface area contributed by atoms with Crippen molar-refractivity contribution < 1.29 is 4.79 Å². The molecule has 108 valence electrons. The molecular weight excluding hydrogens is 274 g/mol. The van der Waals surface area contributed by atoms with Crippen molar-refractivity contribution in [3.05, 3.63) is 27.5 Å². The maximum absolute atomic E-state index is 12.4. The second-order valence-electron chi connectivity index (χ2n) is 4.69. The van der Waals surface area contributed by atoms with Crippen LogP contribution in [0.3, 0.4) is 0 Å². The Balaban J connectivity index is 2.20. The monoisotopic (exact) mass is 293 g/mol. The highest BCUT2D eigenvalue weighted by molar-refractivity contribution is 7.09. The van der Waals surface area contributed by atoms with Gasteiger partial charge < -0.3 is 11.1 Å². The highest BCUT2D eigenvalue weighted by Crippen LogP contribution is 2.20. The van der Waals surface area contributed by atoms with Crippen LogP contribution in [0.25, 0.3) is 0 Å². The van der Waals surface area contributed by atoms with Gasteiger partial charge in [-0.3, -0.25) is 9.48 Å². The predicted molar refractivity (Wildman–Crippen MR) is 79.8 cm³/mol. The van der Waals surface area contributed by atoms with Crippen LogP contribution in [0.1, 0.15) is 46.8 Å². The quantitative estimate of drug-likeness (QED) is 0.903. The fourth-order valence-electron chi connectivity index (χ4n) is 1.96. The molecule has 3 N–H and O–H groups in total. The Labute approximate surface area is 122 Å². The van der Waals surface area contributed by atoms with Crippen molar-refractivity contribution in [2.24, 2.45) is 0 Å². The number of amides is 1. The number of aromatic nitrogens is 3. The van der Waals surface area contributed by atoms with Gasteiger partial charge in [0.2, 0.25) is 0 Å². The molecule has 0 saturated carbocycles. The van der Waals surface area contributed by atoms with Gasteiger partial charge in [0.05, 0.1) is 17.4 Å². The lowest BCUT2D eigenvalue weighted by molar-refractivity contribution is 0.0930. The summed E-state index contributed by atoms with van der Waals surface area (Å²) in [5.74, 6) is -0.217. The van der Waals surface area contributed by atoms with Crippen LogP contribution >= 0.6 is 11.3 Å². The third-order valence-electron chi connectivity index (χ3n) is 3.04. The van der Waals surface area contributed by atoms with E-state index < -0.39 is 0 Å². The molecule has 0 spiro atoms. The summed E-state index contributed by atoms with van der Waals surface area (Å²) < 4.78 is 1.62. The molecule has 0 fully saturated rings. The van der Waals surface area contributed by atoms with Crippen molar-refractivity contribution in [1.29, 1.82) is 0 Å². The Hall–Kier alpha value is -1.89. The van der Waals surface area contributed by atoms with Crippen LogP contribution in [0.4, 0.5) is 5.69 Å². The molecule has 0 radical (unpaired) electrons. The van der Waals surface area contributed by atoms with Gasteiger partial charge in [-0.25, -0.2) is 4.98 Å². The van der Waals surface area contributed by atoms with Gasteiger partial charge in [-0.15, -0.1) is 11.3 Å². The number of rotatable bonds is 4. The molecule has 1 amide bonds. The Kier molecular flexibility index (Phi) is 4.08. The maximum atomic E-state index is 12.4. The third-order valence-corrected chi connectivity index (χ3v) is 4.19. The molecule has 6 nitrogen and oxygen atoms in total. The first-order chi connectivity index (χ1) is 9.43. The first-order valence-corrected chi connectivity index (χ1v) is 7.37. The number of nitrogen functional groups attached to an aromatic ring is 1. The lowest BCUT2D eigenvalue weighted by atomic mass is 10.2. The highest BCUT2D eigenvalue weighted by Gasteiger charge is 2.21. The number of nitrogens with two attached hydrogens (primary N) is 1. The first kappa shape index (κ1) is 14.5. The number of aryl methyl sites for hydroxylation is 3. The van der Waals surface area contributed by atoms with E-state index in [0.29, 0.717) is 23.6 Å². The number of carbonyl (C=O) groups is 1. The van der Waals surface area contributed by atoms with Gasteiger partial charge in [-0.1, -0.05) is 0 Å². The zero-order valence-corrected chi connectivity index (χ0v) is 12.9. The van der Waals surface area contributed by atoms with E-state index in [0.717, 1.165) is 10.7 Å². The molecule has 0 aliphatic carbocycles. The standard InChI is InChI=1S/C13H19N5OS/c1-5-18-11(10(14)8(3)17-18)12(19)16-9(4)13-15-7(2)6-20-13/h6,9H,5,14H2,1-4H3,(H,16,19). The van der Waals surface area contributed by atoms with Gasteiger partial charge in [0.25, 0.3) is 5.91 Å². The molecule has 2 rings (SSSR count). The van der Waals surface area contributed by atoms with Crippen molar-refractivity contribution in [2.45, 2.75) is 40.3 Å². The minimum atomic E-state index is -0.217. The number of nitrogens with zero attached hydrogens (tertiary/aromatic N) is 3. The summed E-state index contributed by atoms with van der Waals surface area (Å²) in [6.07, 6.45) is 0. The summed E-state index contributed by atoms with van der Waals surface area (Å²) in [5.41, 5.74) is 8.43. The van der Waals surface area contributed by atoms with E-state index in [9.17, 15) is 4.79 Å². The molecule has 0 saturated heterocycles. The van der Waals surface area contributed by atoms with Crippen LogP contribution in [0.5, 0.6) is 0 Å². The molecule has 2 aromatic rings. The van der Waals surface area contributed by atoms with Crippen molar-refractivity contribution in [1.82, 2.24) is 20.1 Å². The van der Waals surface area contributed by atoms with Crippen LogP contribution in [0.15, 0.2) is 5.38 Å². The Morgan fingerprint density at radius 3 is 2.80 bits per heavy atom. The predicted octanol–water partition coefficient (Wildman–Crippen LogP) is 2.05. The minimum absolute atomic E-state index is 0.152. The van der Waals surface area contributed by atoms with Crippen molar-refractivity contribution >= 4 is 22.9 Å². The molecule has 0 aromatic carbocycles. The van der Waals surface area contributed by atoms with Crippen molar-refractivity contribution in [3.63, 3.8) is 0 Å². The molecule has 20 heavy (non-hydrogen) atoms. The number of hydrogen-bond acceptors (Lipinski definition) is 5. The lowest BCUT2D eigenvalue weighted by Gasteiger charge is -2.12. The topological polar surface area (TPSA) is 85.8 Å². The molecule has 0 aliphatic heterocycles. The van der Waals surface area contributed by atoms with Crippen molar-refractivity contribution in [2.75, 3.05) is 5.73 Å². The van der Waals surface area contributed by atoms with Gasteiger partial charge in [0.1, 0.15) is 10.7 Å². The second kappa shape index (κ2) is 5.62. The average molecular weight is 293 g/mol. The van der Waals surface area contributed by atoms with Crippen LogP contribution in [0, 0.1) is 13.8 Å². The van der Waals surface area contributed by atoms with Gasteiger partial charge in [0.15, 0.2) is 0 Å². The number of carbonyl (C=O) groups excluding carboxylic acids is 1. The number of anilines is 1. The van der Waals surface area contributed by atoms with Crippen LogP contribution < -0.4 is 11.1 Å². The average Bonchev–Trinajstić information content (AvgIpc) is 2.94. The van der Waals surface area contributed by atoms with Gasteiger partial charge in [-0.2, -0.15) is 5.10 Å². The summed E-state index contributed by atoms with van der Waals surface area (Å²) in [6.45, 7) is 8.17. The third kappa shape index (κ3) is 2.67.